The van der Waals surface area contributed by atoms with Crippen LogP contribution in [0.2, 0.25) is 0 Å². The van der Waals surface area contributed by atoms with Crippen LogP contribution >= 0.6 is 11.8 Å². The number of imide groups is 2. The van der Waals surface area contributed by atoms with Gasteiger partial charge in [0.25, 0.3) is 11.8 Å². The molecule has 0 fully saturated rings. The molecule has 15 heteroatoms. The Hall–Kier alpha value is -6.61. The number of carboxylic acids is 1. The van der Waals surface area contributed by atoms with Crippen molar-refractivity contribution < 1.29 is 52.9 Å². The van der Waals surface area contributed by atoms with E-state index in [2.05, 4.69) is 5.32 Å². The Morgan fingerprint density at radius 2 is 1.22 bits per heavy atom. The largest absolute Gasteiger partial charge is 0.479 e. The lowest BCUT2D eigenvalue weighted by atomic mass is 9.78. The van der Waals surface area contributed by atoms with Crippen LogP contribution in [-0.4, -0.2) is 85.1 Å². The maximum Gasteiger partial charge on any atom is 0.418 e. The number of benzene rings is 4. The number of fused-ring (bicyclic) bond motifs is 1. The number of carbonyl (C=O) groups excluding carboxylic acids is 7. The first-order valence-corrected chi connectivity index (χ1v) is 20.1. The Morgan fingerprint density at radius 1 is 0.733 bits per heavy atom. The molecule has 0 saturated carbocycles. The van der Waals surface area contributed by atoms with Gasteiger partial charge in [0.05, 0.1) is 22.4 Å². The van der Waals surface area contributed by atoms with Gasteiger partial charge in [-0.15, -0.1) is 0 Å². The molecule has 312 valence electrons. The first kappa shape index (κ1) is 44.5. The fourth-order valence-electron chi connectivity index (χ4n) is 6.80. The summed E-state index contributed by atoms with van der Waals surface area (Å²) in [6.45, 7) is 3.48. The molecule has 4 aromatic rings. The quantitative estimate of drug-likeness (QED) is 0.0822. The summed E-state index contributed by atoms with van der Waals surface area (Å²) >= 11 is 0.495. The predicted molar refractivity (Wildman–Crippen MR) is 220 cm³/mol. The number of ketones is 1. The lowest BCUT2D eigenvalue weighted by Crippen LogP contribution is -2.70. The van der Waals surface area contributed by atoms with Crippen molar-refractivity contribution in [2.45, 2.75) is 70.1 Å². The fraction of sp³-hybridized carbons (Fsp3) is 0.289. The van der Waals surface area contributed by atoms with Crippen LogP contribution < -0.4 is 5.32 Å². The van der Waals surface area contributed by atoms with Gasteiger partial charge in [0, 0.05) is 19.9 Å². The number of amides is 5. The molecule has 14 nitrogen and oxygen atoms in total. The molecule has 60 heavy (non-hydrogen) atoms. The van der Waals surface area contributed by atoms with Crippen LogP contribution in [0.25, 0.3) is 0 Å². The summed E-state index contributed by atoms with van der Waals surface area (Å²) in [5, 5.41) is 11.7. The van der Waals surface area contributed by atoms with E-state index < -0.39 is 82.6 Å². The Labute approximate surface area is 351 Å². The zero-order valence-electron chi connectivity index (χ0n) is 33.3. The second kappa shape index (κ2) is 20.4. The van der Waals surface area contributed by atoms with Crippen LogP contribution in [0.15, 0.2) is 115 Å². The monoisotopic (exact) mass is 835 g/mol. The first-order chi connectivity index (χ1) is 28.7. The summed E-state index contributed by atoms with van der Waals surface area (Å²) in [6, 6.07) is 29.5. The number of carboxylic acid groups (broad SMARTS) is 1. The molecule has 0 spiro atoms. The fourth-order valence-corrected chi connectivity index (χ4v) is 7.69. The third-order valence-electron chi connectivity index (χ3n) is 9.80. The maximum atomic E-state index is 15.2. The SMILES string of the molecule is CC(=O)SC(CCCN1C(=O)c2ccccc2C1=O)C(=O)N(C(=O)OCc1ccccc1)[C@@](Cc1ccccc1)(C(=O)O)C(=O)[C@@H](NC(=O)OCc1ccccc1)C(C)C. The van der Waals surface area contributed by atoms with Crippen molar-refractivity contribution in [2.24, 2.45) is 5.92 Å². The highest BCUT2D eigenvalue weighted by Crippen LogP contribution is 2.33. The summed E-state index contributed by atoms with van der Waals surface area (Å²) in [4.78, 5) is 112. The Morgan fingerprint density at radius 3 is 1.70 bits per heavy atom. The molecule has 1 aliphatic heterocycles. The van der Waals surface area contributed by atoms with Gasteiger partial charge in [0.1, 0.15) is 13.2 Å². The molecule has 0 aliphatic carbocycles. The smallest absolute Gasteiger partial charge is 0.418 e. The number of Topliss-reactive ketones (excluding diaryl/α,β-unsaturated/α-hetero) is 1. The van der Waals surface area contributed by atoms with E-state index in [1.165, 1.54) is 31.2 Å². The van der Waals surface area contributed by atoms with Gasteiger partial charge in [0.15, 0.2) is 10.9 Å². The van der Waals surface area contributed by atoms with Gasteiger partial charge in [-0.1, -0.05) is 129 Å². The first-order valence-electron chi connectivity index (χ1n) is 19.2. The van der Waals surface area contributed by atoms with E-state index in [1.807, 2.05) is 0 Å². The highest BCUT2D eigenvalue weighted by Gasteiger charge is 2.60. The van der Waals surface area contributed by atoms with E-state index in [1.54, 1.807) is 105 Å². The van der Waals surface area contributed by atoms with Crippen LogP contribution in [0.1, 0.15) is 71.0 Å². The zero-order chi connectivity index (χ0) is 43.4. The third-order valence-corrected chi connectivity index (χ3v) is 10.9. The third kappa shape index (κ3) is 10.5. The van der Waals surface area contributed by atoms with E-state index in [0.717, 1.165) is 4.90 Å². The standard InChI is InChI=1S/C45H45N3O11S/c1-29(2)37(46-43(56)58-27-32-18-9-5-10-19-32)38(50)45(42(54)55,26-31-16-7-4-8-17-31)48(44(57)59-28-33-20-11-6-12-21-33)41(53)36(60-30(3)49)24-15-25-47-39(51)34-22-13-14-23-35(34)40(47)52/h4-14,16-23,29,36-37H,15,24-28H2,1-3H3,(H,46,56)(H,54,55)/t36?,37-,45+/m0/s1. The lowest BCUT2D eigenvalue weighted by Gasteiger charge is -2.41. The normalized spacial score (nSPS) is 14.0. The summed E-state index contributed by atoms with van der Waals surface area (Å²) in [7, 11) is 0. The summed E-state index contributed by atoms with van der Waals surface area (Å²) in [5.41, 5.74) is -1.30. The number of rotatable bonds is 18. The van der Waals surface area contributed by atoms with Crippen LogP contribution in [0.4, 0.5) is 9.59 Å². The molecular formula is C45H45N3O11S. The second-order valence-electron chi connectivity index (χ2n) is 14.4. The van der Waals surface area contributed by atoms with Crippen molar-refractivity contribution in [3.63, 3.8) is 0 Å². The molecule has 1 aliphatic rings. The molecule has 1 unspecified atom stereocenters. The zero-order valence-corrected chi connectivity index (χ0v) is 34.1. The topological polar surface area (TPSA) is 194 Å². The molecule has 5 amide bonds. The van der Waals surface area contributed by atoms with Gasteiger partial charge in [0.2, 0.25) is 11.4 Å². The highest BCUT2D eigenvalue weighted by molar-refractivity contribution is 8.14. The minimum absolute atomic E-state index is 0.0504. The van der Waals surface area contributed by atoms with Gasteiger partial charge < -0.3 is 19.9 Å². The Balaban J connectivity index is 1.56. The second-order valence-corrected chi connectivity index (χ2v) is 15.8. The molecule has 0 saturated heterocycles. The summed E-state index contributed by atoms with van der Waals surface area (Å²) in [6.07, 6.45) is -3.62. The van der Waals surface area contributed by atoms with E-state index in [4.69, 9.17) is 9.47 Å². The number of aliphatic carboxylic acids is 1. The van der Waals surface area contributed by atoms with Crippen LogP contribution in [0, 0.1) is 5.92 Å². The van der Waals surface area contributed by atoms with E-state index in [-0.39, 0.29) is 47.6 Å². The van der Waals surface area contributed by atoms with Crippen LogP contribution in [-0.2, 0) is 48.3 Å². The van der Waals surface area contributed by atoms with Crippen molar-refractivity contribution in [1.29, 1.82) is 0 Å². The molecule has 4 aromatic carbocycles. The van der Waals surface area contributed by atoms with Gasteiger partial charge in [-0.2, -0.15) is 0 Å². The highest BCUT2D eigenvalue weighted by atomic mass is 32.2. The number of nitrogens with one attached hydrogen (secondary N) is 1. The Kier molecular flexibility index (Phi) is 15.1. The van der Waals surface area contributed by atoms with E-state index in [0.29, 0.717) is 22.9 Å². The molecule has 0 radical (unpaired) electrons. The average Bonchev–Trinajstić information content (AvgIpc) is 3.48. The van der Waals surface area contributed by atoms with E-state index in [9.17, 15) is 33.9 Å². The molecule has 0 aromatic heterocycles. The van der Waals surface area contributed by atoms with Crippen molar-refractivity contribution in [3.05, 3.63) is 143 Å². The van der Waals surface area contributed by atoms with Crippen molar-refractivity contribution >= 4 is 58.5 Å². The number of ether oxygens (including phenoxy) is 2. The minimum Gasteiger partial charge on any atom is -0.479 e. The molecular weight excluding hydrogens is 791 g/mol. The van der Waals surface area contributed by atoms with E-state index >= 15 is 9.59 Å². The molecule has 1 heterocycles. The van der Waals surface area contributed by atoms with Gasteiger partial charge in [-0.25, -0.2) is 19.3 Å². The molecule has 2 N–H and O–H groups in total. The maximum absolute atomic E-state index is 15.2. The van der Waals surface area contributed by atoms with Gasteiger partial charge in [-0.05, 0) is 47.6 Å². The number of hydrogen-bond acceptors (Lipinski definition) is 11. The van der Waals surface area contributed by atoms with Gasteiger partial charge in [-0.3, -0.25) is 28.9 Å². The van der Waals surface area contributed by atoms with Crippen LogP contribution in [0.5, 0.6) is 0 Å². The average molecular weight is 836 g/mol. The Bertz CT molecular complexity index is 2180. The lowest BCUT2D eigenvalue weighted by molar-refractivity contribution is -0.164. The number of thioether (sulfide) groups is 1. The number of carbonyl (C=O) groups is 8. The molecule has 0 bridgehead atoms. The van der Waals surface area contributed by atoms with Crippen molar-refractivity contribution in [3.8, 4) is 0 Å². The predicted octanol–water partition coefficient (Wildman–Crippen LogP) is 6.46. The van der Waals surface area contributed by atoms with Crippen molar-refractivity contribution in [1.82, 2.24) is 15.1 Å². The molecule has 5 rings (SSSR count). The van der Waals surface area contributed by atoms with Crippen LogP contribution in [0.3, 0.4) is 0 Å². The molecule has 3 atom stereocenters. The number of nitrogens with zero attached hydrogens (tertiary/aromatic N) is 2. The minimum atomic E-state index is -3.08. The summed E-state index contributed by atoms with van der Waals surface area (Å²) in [5.74, 6) is -6.31. The van der Waals surface area contributed by atoms with Crippen molar-refractivity contribution in [2.75, 3.05) is 6.54 Å². The van der Waals surface area contributed by atoms with Gasteiger partial charge >= 0.3 is 18.2 Å². The number of hydrogen-bond donors (Lipinski definition) is 2. The number of alkyl carbamates (subject to hydrolysis) is 1. The summed E-state index contributed by atoms with van der Waals surface area (Å²) < 4.78 is 11.0.